The van der Waals surface area contributed by atoms with Gasteiger partial charge in [0, 0.05) is 11.1 Å². The van der Waals surface area contributed by atoms with Gasteiger partial charge in [0.1, 0.15) is 0 Å². The molecule has 156 valence electrons. The molecule has 0 spiro atoms. The summed E-state index contributed by atoms with van der Waals surface area (Å²) in [4.78, 5) is 15.5. The molecular weight excluding hydrogens is 374 g/mol. The van der Waals surface area contributed by atoms with Crippen LogP contribution >= 0.6 is 0 Å². The quantitative estimate of drug-likeness (QED) is 0.719. The number of benzene rings is 2. The molecule has 2 aromatic rings. The lowest BCUT2D eigenvalue weighted by Crippen LogP contribution is -2.66. The molecule has 0 saturated heterocycles. The van der Waals surface area contributed by atoms with Gasteiger partial charge in [0.15, 0.2) is 6.29 Å². The number of hydrogen-bond acceptors (Lipinski definition) is 4. The summed E-state index contributed by atoms with van der Waals surface area (Å²) in [6, 6.07) is 15.6. The molecule has 5 heteroatoms. The van der Waals surface area contributed by atoms with Crippen LogP contribution in [0.5, 0.6) is 0 Å². The Bertz CT molecular complexity index is 938. The van der Waals surface area contributed by atoms with Crippen LogP contribution < -0.4 is 15.5 Å². The molecule has 1 unspecified atom stereocenters. The first kappa shape index (κ1) is 18.3. The minimum atomic E-state index is -0.266. The van der Waals surface area contributed by atoms with Crippen molar-refractivity contribution in [1.82, 2.24) is 5.32 Å². The fourth-order valence-electron chi connectivity index (χ4n) is 7.13. The molecule has 4 bridgehead atoms. The number of carbonyl (C=O) groups is 1. The maximum absolute atomic E-state index is 13.0. The van der Waals surface area contributed by atoms with Gasteiger partial charge in [-0.1, -0.05) is 24.3 Å². The van der Waals surface area contributed by atoms with Crippen molar-refractivity contribution in [3.05, 3.63) is 59.7 Å². The van der Waals surface area contributed by atoms with Crippen LogP contribution in [0.3, 0.4) is 0 Å². The van der Waals surface area contributed by atoms with E-state index in [1.54, 1.807) is 0 Å². The largest absolute Gasteiger partial charge is 0.392 e. The van der Waals surface area contributed by atoms with Crippen molar-refractivity contribution in [2.45, 2.75) is 57.0 Å². The van der Waals surface area contributed by atoms with Crippen LogP contribution in [0, 0.1) is 17.8 Å². The van der Waals surface area contributed by atoms with E-state index in [4.69, 9.17) is 0 Å². The molecule has 0 radical (unpaired) electrons. The van der Waals surface area contributed by atoms with Crippen LogP contribution in [0.25, 0.3) is 0 Å². The Hall–Kier alpha value is -2.53. The fourth-order valence-corrected chi connectivity index (χ4v) is 7.13. The number of hydrogen-bond donors (Lipinski definition) is 3. The van der Waals surface area contributed by atoms with Gasteiger partial charge in [-0.15, -0.1) is 0 Å². The van der Waals surface area contributed by atoms with Crippen molar-refractivity contribution < 1.29 is 9.90 Å². The summed E-state index contributed by atoms with van der Waals surface area (Å²) >= 11 is 0. The maximum atomic E-state index is 13.0. The second-order valence-electron chi connectivity index (χ2n) is 9.91. The van der Waals surface area contributed by atoms with Crippen molar-refractivity contribution in [3.63, 3.8) is 0 Å². The number of fused-ring (bicyclic) bond motifs is 1. The Morgan fingerprint density at radius 2 is 1.70 bits per heavy atom. The van der Waals surface area contributed by atoms with Crippen LogP contribution in [0.15, 0.2) is 48.5 Å². The molecule has 1 heterocycles. The lowest BCUT2D eigenvalue weighted by Gasteiger charge is -2.61. The number of amides is 1. The third-order valence-corrected chi connectivity index (χ3v) is 7.88. The van der Waals surface area contributed by atoms with E-state index in [0.29, 0.717) is 5.56 Å². The molecule has 30 heavy (non-hydrogen) atoms. The predicted molar refractivity (Wildman–Crippen MR) is 117 cm³/mol. The van der Waals surface area contributed by atoms with Gasteiger partial charge in [-0.2, -0.15) is 0 Å². The fraction of sp³-hybridized carbons (Fsp3) is 0.480. The van der Waals surface area contributed by atoms with Crippen LogP contribution in [-0.2, 0) is 6.61 Å². The first-order chi connectivity index (χ1) is 14.6. The first-order valence-electron chi connectivity index (χ1n) is 11.3. The molecule has 7 rings (SSSR count). The zero-order valence-corrected chi connectivity index (χ0v) is 17.2. The van der Waals surface area contributed by atoms with Gasteiger partial charge in [0.2, 0.25) is 0 Å². The predicted octanol–water partition coefficient (Wildman–Crippen LogP) is 4.09. The average Bonchev–Trinajstić information content (AvgIpc) is 3.11. The number of nitrogens with zero attached hydrogens (tertiary/aromatic N) is 1. The maximum Gasteiger partial charge on any atom is 0.254 e. The van der Waals surface area contributed by atoms with Gasteiger partial charge in [0.05, 0.1) is 18.0 Å². The molecule has 1 amide bonds. The van der Waals surface area contributed by atoms with E-state index in [1.807, 2.05) is 42.5 Å². The molecule has 2 aromatic carbocycles. The molecule has 5 aliphatic rings. The molecular formula is C25H29N3O2. The highest BCUT2D eigenvalue weighted by molar-refractivity contribution is 5.95. The zero-order valence-electron chi connectivity index (χ0n) is 17.2. The third-order valence-electron chi connectivity index (χ3n) is 7.88. The lowest BCUT2D eigenvalue weighted by molar-refractivity contribution is -0.00732. The first-order valence-corrected chi connectivity index (χ1v) is 11.3. The molecule has 3 N–H and O–H groups in total. The number of anilines is 2. The minimum absolute atomic E-state index is 0.0308. The van der Waals surface area contributed by atoms with E-state index in [2.05, 4.69) is 21.6 Å². The van der Waals surface area contributed by atoms with Gasteiger partial charge in [0.25, 0.3) is 5.91 Å². The molecule has 0 aromatic heterocycles. The molecule has 1 aliphatic heterocycles. The molecule has 4 fully saturated rings. The van der Waals surface area contributed by atoms with E-state index in [0.717, 1.165) is 34.7 Å². The van der Waals surface area contributed by atoms with Crippen LogP contribution in [0.1, 0.15) is 54.4 Å². The number of aliphatic hydroxyl groups excluding tert-OH is 1. The van der Waals surface area contributed by atoms with Gasteiger partial charge in [-0.05, 0) is 86.1 Å². The lowest BCUT2D eigenvalue weighted by atomic mass is 9.52. The van der Waals surface area contributed by atoms with E-state index in [-0.39, 0.29) is 24.3 Å². The summed E-state index contributed by atoms with van der Waals surface area (Å²) < 4.78 is 0. The van der Waals surface area contributed by atoms with Crippen molar-refractivity contribution >= 4 is 17.3 Å². The highest BCUT2D eigenvalue weighted by atomic mass is 16.3. The van der Waals surface area contributed by atoms with Crippen LogP contribution in [0.4, 0.5) is 11.4 Å². The van der Waals surface area contributed by atoms with Gasteiger partial charge in [-0.25, -0.2) is 0 Å². The number of nitrogens with one attached hydrogen (secondary N) is 2. The smallest absolute Gasteiger partial charge is 0.254 e. The summed E-state index contributed by atoms with van der Waals surface area (Å²) in [5.74, 6) is 2.38. The second-order valence-corrected chi connectivity index (χ2v) is 9.91. The summed E-state index contributed by atoms with van der Waals surface area (Å²) in [6.07, 6.45) is 7.50. The monoisotopic (exact) mass is 403 g/mol. The summed E-state index contributed by atoms with van der Waals surface area (Å²) in [7, 11) is 0. The molecule has 4 saturated carbocycles. The summed E-state index contributed by atoms with van der Waals surface area (Å²) in [6.45, 7) is 0.0308. The van der Waals surface area contributed by atoms with Crippen molar-refractivity contribution in [2.24, 2.45) is 17.8 Å². The summed E-state index contributed by atoms with van der Waals surface area (Å²) in [5, 5.41) is 16.6. The van der Waals surface area contributed by atoms with Crippen molar-refractivity contribution in [3.8, 4) is 0 Å². The third kappa shape index (κ3) is 2.83. The van der Waals surface area contributed by atoms with E-state index >= 15 is 0 Å². The number of rotatable bonds is 4. The average molecular weight is 404 g/mol. The Morgan fingerprint density at radius 1 is 1.03 bits per heavy atom. The summed E-state index contributed by atoms with van der Waals surface area (Å²) in [5.41, 5.74) is 3.86. The van der Waals surface area contributed by atoms with Crippen molar-refractivity contribution in [2.75, 3.05) is 10.2 Å². The second kappa shape index (κ2) is 6.74. The topological polar surface area (TPSA) is 64.6 Å². The van der Waals surface area contributed by atoms with Crippen molar-refractivity contribution in [1.29, 1.82) is 0 Å². The zero-order chi connectivity index (χ0) is 20.3. The normalized spacial score (nSPS) is 33.3. The standard InChI is InChI=1S/C25H29N3O2/c29-15-16-6-7-21-22(11-16)28(24(26-21)27-23(30)20-4-2-1-3-5-20)25-12-17-8-18(13-25)10-19(9-17)14-25/h1-7,11,17-19,24,26,29H,8-10,12-15H2,(H,27,30). The molecule has 5 nitrogen and oxygen atoms in total. The number of carbonyl (C=O) groups excluding carboxylic acids is 1. The van der Waals surface area contributed by atoms with E-state index in [9.17, 15) is 9.90 Å². The highest BCUT2D eigenvalue weighted by Crippen LogP contribution is 2.60. The Labute approximate surface area is 177 Å². The van der Waals surface area contributed by atoms with E-state index in [1.165, 1.54) is 38.5 Å². The van der Waals surface area contributed by atoms with Crippen LogP contribution in [0.2, 0.25) is 0 Å². The minimum Gasteiger partial charge on any atom is -0.392 e. The SMILES string of the molecule is O=C(NC1Nc2ccc(CO)cc2N1C12CC3CC(CC(C3)C1)C2)c1ccccc1. The molecule has 4 aliphatic carbocycles. The van der Waals surface area contributed by atoms with Gasteiger partial charge in [-0.3, -0.25) is 4.79 Å². The molecule has 1 atom stereocenters. The Morgan fingerprint density at radius 3 is 2.33 bits per heavy atom. The Balaban J connectivity index is 1.38. The van der Waals surface area contributed by atoms with E-state index < -0.39 is 0 Å². The number of aliphatic hydroxyl groups is 1. The van der Waals surface area contributed by atoms with Crippen LogP contribution in [-0.4, -0.2) is 22.8 Å². The Kier molecular flexibility index (Phi) is 4.10. The van der Waals surface area contributed by atoms with Gasteiger partial charge >= 0.3 is 0 Å². The highest BCUT2D eigenvalue weighted by Gasteiger charge is 2.56. The van der Waals surface area contributed by atoms with Gasteiger partial charge < -0.3 is 20.6 Å².